The van der Waals surface area contributed by atoms with Crippen molar-refractivity contribution in [2.24, 2.45) is 0 Å². The molecule has 0 amide bonds. The fraction of sp³-hybridized carbons (Fsp3) is 0.364. The number of aromatic nitrogens is 4. The molecule has 2 heterocycles. The van der Waals surface area contributed by atoms with E-state index >= 15 is 0 Å². The van der Waals surface area contributed by atoms with Crippen LogP contribution >= 0.6 is 0 Å². The number of nitrogens with two attached hydrogens (primary N) is 1. The number of anilines is 2. The average Bonchev–Trinajstić information content (AvgIpc) is 2.76. The Kier molecular flexibility index (Phi) is 3.62. The first-order valence-electron chi connectivity index (χ1n) is 5.94. The lowest BCUT2D eigenvalue weighted by atomic mass is 10.5. The Hall–Kier alpha value is -2.16. The molecule has 0 atom stereocenters. The van der Waals surface area contributed by atoms with Crippen LogP contribution in [0, 0.1) is 0 Å². The van der Waals surface area contributed by atoms with E-state index in [0.29, 0.717) is 18.2 Å². The molecule has 2 rings (SSSR count). The zero-order valence-corrected chi connectivity index (χ0v) is 12.3. The fourth-order valence-electron chi connectivity index (χ4n) is 1.74. The summed E-state index contributed by atoms with van der Waals surface area (Å²) in [6.07, 6.45) is 2.62. The number of nitrogens with zero attached hydrogens (tertiary/aromatic N) is 5. The molecule has 2 aromatic rings. The van der Waals surface area contributed by atoms with Gasteiger partial charge >= 0.3 is 0 Å². The molecule has 0 aromatic carbocycles. The highest BCUT2D eigenvalue weighted by atomic mass is 32.2. The van der Waals surface area contributed by atoms with E-state index in [0.717, 1.165) is 6.26 Å². The number of nitrogen functional groups attached to an aromatic ring is 1. The van der Waals surface area contributed by atoms with Gasteiger partial charge in [0.25, 0.3) is 0 Å². The van der Waals surface area contributed by atoms with Crippen molar-refractivity contribution in [3.63, 3.8) is 0 Å². The Morgan fingerprint density at radius 3 is 2.65 bits per heavy atom. The molecule has 0 radical (unpaired) electrons. The highest BCUT2D eigenvalue weighted by molar-refractivity contribution is 7.91. The second kappa shape index (κ2) is 5.08. The molecule has 0 fully saturated rings. The minimum atomic E-state index is -3.50. The standard InChI is InChI=1S/C11H16N6O2S/c1-4-16(2)11-9(20(3,18)19)10(12)17(15-11)8-6-5-7-13-14-8/h5-7H,4,12H2,1-3H3. The molecule has 20 heavy (non-hydrogen) atoms. The van der Waals surface area contributed by atoms with Gasteiger partial charge < -0.3 is 10.6 Å². The van der Waals surface area contributed by atoms with E-state index in [1.165, 1.54) is 10.9 Å². The minimum Gasteiger partial charge on any atom is -0.382 e. The predicted molar refractivity (Wildman–Crippen MR) is 75.6 cm³/mol. The van der Waals surface area contributed by atoms with Crippen LogP contribution in [-0.4, -0.2) is 48.2 Å². The summed E-state index contributed by atoms with van der Waals surface area (Å²) in [5.74, 6) is 0.701. The van der Waals surface area contributed by atoms with Crippen LogP contribution in [0.2, 0.25) is 0 Å². The topological polar surface area (TPSA) is 107 Å². The normalized spacial score (nSPS) is 11.6. The van der Waals surface area contributed by atoms with E-state index in [1.54, 1.807) is 24.1 Å². The Labute approximate surface area is 117 Å². The molecule has 0 aliphatic heterocycles. The van der Waals surface area contributed by atoms with Gasteiger partial charge in [0, 0.05) is 26.0 Å². The van der Waals surface area contributed by atoms with Gasteiger partial charge in [-0.25, -0.2) is 8.42 Å². The molecule has 8 nitrogen and oxygen atoms in total. The van der Waals surface area contributed by atoms with Gasteiger partial charge in [-0.1, -0.05) is 0 Å². The maximum absolute atomic E-state index is 11.9. The monoisotopic (exact) mass is 296 g/mol. The lowest BCUT2D eigenvalue weighted by Gasteiger charge is -2.14. The van der Waals surface area contributed by atoms with Crippen molar-refractivity contribution in [2.45, 2.75) is 11.8 Å². The van der Waals surface area contributed by atoms with Crippen molar-refractivity contribution in [1.29, 1.82) is 0 Å². The third kappa shape index (κ3) is 2.44. The maximum Gasteiger partial charge on any atom is 0.182 e. The van der Waals surface area contributed by atoms with Crippen molar-refractivity contribution >= 4 is 21.5 Å². The second-order valence-electron chi connectivity index (χ2n) is 4.32. The lowest BCUT2D eigenvalue weighted by molar-refractivity contribution is 0.602. The molecule has 2 N–H and O–H groups in total. The van der Waals surface area contributed by atoms with Gasteiger partial charge in [0.15, 0.2) is 26.4 Å². The van der Waals surface area contributed by atoms with Crippen molar-refractivity contribution in [2.75, 3.05) is 30.5 Å². The molecule has 9 heteroatoms. The maximum atomic E-state index is 11.9. The molecule has 0 aliphatic carbocycles. The first-order chi connectivity index (χ1) is 9.36. The van der Waals surface area contributed by atoms with Crippen LogP contribution in [-0.2, 0) is 9.84 Å². The van der Waals surface area contributed by atoms with E-state index in [2.05, 4.69) is 15.3 Å². The van der Waals surface area contributed by atoms with Gasteiger partial charge in [-0.3, -0.25) is 0 Å². The highest BCUT2D eigenvalue weighted by Crippen LogP contribution is 2.30. The van der Waals surface area contributed by atoms with Gasteiger partial charge in [-0.2, -0.15) is 9.78 Å². The molecule has 0 saturated carbocycles. The molecule has 0 unspecified atom stereocenters. The average molecular weight is 296 g/mol. The number of hydrogen-bond donors (Lipinski definition) is 1. The number of sulfone groups is 1. The summed E-state index contributed by atoms with van der Waals surface area (Å²) < 4.78 is 25.2. The zero-order valence-electron chi connectivity index (χ0n) is 11.5. The summed E-state index contributed by atoms with van der Waals surface area (Å²) in [6, 6.07) is 3.32. The second-order valence-corrected chi connectivity index (χ2v) is 6.27. The molecule has 0 saturated heterocycles. The summed E-state index contributed by atoms with van der Waals surface area (Å²) in [6.45, 7) is 2.49. The van der Waals surface area contributed by atoms with Crippen LogP contribution in [0.4, 0.5) is 11.6 Å². The SMILES string of the molecule is CCN(C)c1nn(-c2cccnn2)c(N)c1S(C)(=O)=O. The van der Waals surface area contributed by atoms with Crippen LogP contribution < -0.4 is 10.6 Å². The third-order valence-corrected chi connectivity index (χ3v) is 3.97. The third-order valence-electron chi connectivity index (χ3n) is 2.84. The van der Waals surface area contributed by atoms with Crippen LogP contribution in [0.15, 0.2) is 23.2 Å². The number of rotatable bonds is 4. The smallest absolute Gasteiger partial charge is 0.182 e. The molecular weight excluding hydrogens is 280 g/mol. The molecule has 0 spiro atoms. The molecular formula is C11H16N6O2S. The summed E-state index contributed by atoms with van der Waals surface area (Å²) in [7, 11) is -1.76. The molecule has 0 aliphatic rings. The highest BCUT2D eigenvalue weighted by Gasteiger charge is 2.27. The van der Waals surface area contributed by atoms with E-state index in [-0.39, 0.29) is 10.7 Å². The van der Waals surface area contributed by atoms with Crippen molar-refractivity contribution in [1.82, 2.24) is 20.0 Å². The summed E-state index contributed by atoms with van der Waals surface area (Å²) >= 11 is 0. The van der Waals surface area contributed by atoms with E-state index in [1.807, 2.05) is 6.92 Å². The van der Waals surface area contributed by atoms with Crippen LogP contribution in [0.5, 0.6) is 0 Å². The summed E-state index contributed by atoms with van der Waals surface area (Å²) in [5.41, 5.74) is 5.94. The Morgan fingerprint density at radius 1 is 1.45 bits per heavy atom. The van der Waals surface area contributed by atoms with Crippen LogP contribution in [0.1, 0.15) is 6.92 Å². The zero-order chi connectivity index (χ0) is 14.9. The van der Waals surface area contributed by atoms with Gasteiger partial charge in [0.05, 0.1) is 0 Å². The van der Waals surface area contributed by atoms with Gasteiger partial charge in [0.1, 0.15) is 5.82 Å². The predicted octanol–water partition coefficient (Wildman–Crippen LogP) is 0.104. The van der Waals surface area contributed by atoms with Crippen molar-refractivity contribution < 1.29 is 8.42 Å². The van der Waals surface area contributed by atoms with E-state index in [4.69, 9.17) is 5.73 Å². The Bertz CT molecular complexity index is 710. The Balaban J connectivity index is 2.72. The summed E-state index contributed by atoms with van der Waals surface area (Å²) in [4.78, 5) is 1.71. The van der Waals surface area contributed by atoms with Crippen molar-refractivity contribution in [3.05, 3.63) is 18.3 Å². The minimum absolute atomic E-state index is 0.00695. The molecule has 2 aromatic heterocycles. The first kappa shape index (κ1) is 14.3. The lowest BCUT2D eigenvalue weighted by Crippen LogP contribution is -2.19. The van der Waals surface area contributed by atoms with Gasteiger partial charge in [-0.15, -0.1) is 10.2 Å². The molecule has 0 bridgehead atoms. The molecule has 108 valence electrons. The van der Waals surface area contributed by atoms with Gasteiger partial charge in [0.2, 0.25) is 0 Å². The van der Waals surface area contributed by atoms with E-state index in [9.17, 15) is 8.42 Å². The first-order valence-corrected chi connectivity index (χ1v) is 7.83. The Morgan fingerprint density at radius 2 is 2.15 bits per heavy atom. The largest absolute Gasteiger partial charge is 0.382 e. The van der Waals surface area contributed by atoms with Crippen LogP contribution in [0.25, 0.3) is 5.82 Å². The van der Waals surface area contributed by atoms with Crippen molar-refractivity contribution in [3.8, 4) is 5.82 Å². The number of hydrogen-bond acceptors (Lipinski definition) is 7. The van der Waals surface area contributed by atoms with Crippen LogP contribution in [0.3, 0.4) is 0 Å². The fourth-order valence-corrected chi connectivity index (χ4v) is 2.74. The van der Waals surface area contributed by atoms with E-state index < -0.39 is 9.84 Å². The quantitative estimate of drug-likeness (QED) is 0.852. The summed E-state index contributed by atoms with van der Waals surface area (Å²) in [5, 5.41) is 11.9. The van der Waals surface area contributed by atoms with Gasteiger partial charge in [-0.05, 0) is 19.1 Å².